The van der Waals surface area contributed by atoms with Crippen LogP contribution in [0.5, 0.6) is 0 Å². The molecule has 1 aliphatic heterocycles. The van der Waals surface area contributed by atoms with Crippen LogP contribution in [0.2, 0.25) is 0 Å². The fraction of sp³-hybridized carbons (Fsp3) is 0.462. The van der Waals surface area contributed by atoms with Crippen LogP contribution in [0, 0.1) is 5.92 Å². The van der Waals surface area contributed by atoms with Gasteiger partial charge in [0.1, 0.15) is 0 Å². The second kappa shape index (κ2) is 6.83. The normalized spacial score (nSPS) is 15.6. The number of nitrogens with one attached hydrogen (secondary N) is 3. The standard InChI is InChI=1S/C13H19N3O3S/c17-13(15-10-11-8-14-9-11)6-7-16-20(18,19)12-4-2-1-3-5-12/h1-5,11,14,16H,6-10H2,(H,15,17). The van der Waals surface area contributed by atoms with Crippen LogP contribution in [0.4, 0.5) is 0 Å². The lowest BCUT2D eigenvalue weighted by Crippen LogP contribution is -2.48. The van der Waals surface area contributed by atoms with Crippen molar-refractivity contribution in [2.45, 2.75) is 11.3 Å². The van der Waals surface area contributed by atoms with Gasteiger partial charge in [0.2, 0.25) is 15.9 Å². The van der Waals surface area contributed by atoms with Crippen molar-refractivity contribution < 1.29 is 13.2 Å². The Kier molecular flexibility index (Phi) is 5.11. The van der Waals surface area contributed by atoms with Gasteiger partial charge >= 0.3 is 0 Å². The molecule has 0 radical (unpaired) electrons. The Morgan fingerprint density at radius 2 is 1.95 bits per heavy atom. The van der Waals surface area contributed by atoms with Gasteiger partial charge in [0.25, 0.3) is 0 Å². The number of carbonyl (C=O) groups is 1. The third-order valence-corrected chi connectivity index (χ3v) is 4.63. The Morgan fingerprint density at radius 1 is 1.25 bits per heavy atom. The molecule has 1 fully saturated rings. The summed E-state index contributed by atoms with van der Waals surface area (Å²) < 4.78 is 26.2. The van der Waals surface area contributed by atoms with Gasteiger partial charge in [0.05, 0.1) is 4.90 Å². The minimum absolute atomic E-state index is 0.103. The molecule has 20 heavy (non-hydrogen) atoms. The monoisotopic (exact) mass is 297 g/mol. The zero-order chi connectivity index (χ0) is 14.4. The molecular formula is C13H19N3O3S. The molecule has 1 amide bonds. The molecule has 1 aliphatic rings. The predicted octanol–water partition coefficient (Wildman–Crippen LogP) is -0.309. The molecule has 1 saturated heterocycles. The Bertz CT molecular complexity index is 541. The molecule has 0 aromatic heterocycles. The maximum Gasteiger partial charge on any atom is 0.240 e. The molecular weight excluding hydrogens is 278 g/mol. The van der Waals surface area contributed by atoms with Gasteiger partial charge in [0, 0.05) is 38.5 Å². The van der Waals surface area contributed by atoms with Crippen LogP contribution in [0.3, 0.4) is 0 Å². The van der Waals surface area contributed by atoms with Crippen molar-refractivity contribution in [3.05, 3.63) is 30.3 Å². The molecule has 7 heteroatoms. The summed E-state index contributed by atoms with van der Waals surface area (Å²) in [5, 5.41) is 5.92. The summed E-state index contributed by atoms with van der Waals surface area (Å²) in [5.74, 6) is 0.368. The summed E-state index contributed by atoms with van der Waals surface area (Å²) >= 11 is 0. The van der Waals surface area contributed by atoms with Gasteiger partial charge in [-0.1, -0.05) is 18.2 Å². The minimum atomic E-state index is -3.52. The number of rotatable bonds is 7. The molecule has 0 bridgehead atoms. The second-order valence-electron chi connectivity index (χ2n) is 4.79. The summed E-state index contributed by atoms with van der Waals surface area (Å²) in [6.07, 6.45) is 0.145. The van der Waals surface area contributed by atoms with Crippen LogP contribution in [-0.4, -0.2) is 40.5 Å². The number of carbonyl (C=O) groups excluding carboxylic acids is 1. The maximum atomic E-state index is 11.9. The molecule has 0 aliphatic carbocycles. The van der Waals surface area contributed by atoms with Crippen LogP contribution in [-0.2, 0) is 14.8 Å². The van der Waals surface area contributed by atoms with Crippen molar-refractivity contribution in [1.82, 2.24) is 15.4 Å². The maximum absolute atomic E-state index is 11.9. The van der Waals surface area contributed by atoms with Crippen LogP contribution < -0.4 is 15.4 Å². The van der Waals surface area contributed by atoms with E-state index in [1.165, 1.54) is 12.1 Å². The first-order valence-electron chi connectivity index (χ1n) is 6.60. The molecule has 0 saturated carbocycles. The molecule has 2 rings (SSSR count). The number of sulfonamides is 1. The van der Waals surface area contributed by atoms with Gasteiger partial charge in [-0.3, -0.25) is 4.79 Å². The fourth-order valence-corrected chi connectivity index (χ4v) is 2.87. The number of benzene rings is 1. The Labute approximate surface area is 119 Å². The third-order valence-electron chi connectivity index (χ3n) is 3.15. The zero-order valence-corrected chi connectivity index (χ0v) is 11.9. The fourth-order valence-electron chi connectivity index (χ4n) is 1.82. The summed E-state index contributed by atoms with van der Waals surface area (Å²) in [7, 11) is -3.52. The van der Waals surface area contributed by atoms with E-state index >= 15 is 0 Å². The highest BCUT2D eigenvalue weighted by atomic mass is 32.2. The smallest absolute Gasteiger partial charge is 0.240 e. The van der Waals surface area contributed by atoms with E-state index in [0.29, 0.717) is 12.5 Å². The van der Waals surface area contributed by atoms with Gasteiger partial charge < -0.3 is 10.6 Å². The molecule has 1 aromatic rings. The lowest BCUT2D eigenvalue weighted by atomic mass is 10.0. The molecule has 0 unspecified atom stereocenters. The first kappa shape index (κ1) is 15.0. The molecule has 0 atom stereocenters. The lowest BCUT2D eigenvalue weighted by molar-refractivity contribution is -0.121. The van der Waals surface area contributed by atoms with Gasteiger partial charge in [-0.2, -0.15) is 0 Å². The van der Waals surface area contributed by atoms with Crippen molar-refractivity contribution in [2.75, 3.05) is 26.2 Å². The molecule has 0 spiro atoms. The molecule has 3 N–H and O–H groups in total. The number of amides is 1. The SMILES string of the molecule is O=C(CCNS(=O)(=O)c1ccccc1)NCC1CNC1. The first-order valence-corrected chi connectivity index (χ1v) is 8.08. The number of hydrogen-bond acceptors (Lipinski definition) is 4. The zero-order valence-electron chi connectivity index (χ0n) is 11.1. The number of hydrogen-bond donors (Lipinski definition) is 3. The van der Waals surface area contributed by atoms with Crippen molar-refractivity contribution in [2.24, 2.45) is 5.92 Å². The van der Waals surface area contributed by atoms with Crippen LogP contribution in [0.15, 0.2) is 35.2 Å². The van der Waals surface area contributed by atoms with Crippen molar-refractivity contribution in [1.29, 1.82) is 0 Å². The molecule has 1 aromatic carbocycles. The Hall–Kier alpha value is -1.44. The van der Waals surface area contributed by atoms with Crippen molar-refractivity contribution >= 4 is 15.9 Å². The second-order valence-corrected chi connectivity index (χ2v) is 6.56. The van der Waals surface area contributed by atoms with E-state index in [1.807, 2.05) is 0 Å². The van der Waals surface area contributed by atoms with E-state index in [1.54, 1.807) is 18.2 Å². The highest BCUT2D eigenvalue weighted by Crippen LogP contribution is 2.06. The lowest BCUT2D eigenvalue weighted by Gasteiger charge is -2.27. The third kappa shape index (κ3) is 4.29. The van der Waals surface area contributed by atoms with E-state index in [9.17, 15) is 13.2 Å². The average molecular weight is 297 g/mol. The van der Waals surface area contributed by atoms with Crippen molar-refractivity contribution in [3.63, 3.8) is 0 Å². The topological polar surface area (TPSA) is 87.3 Å². The first-order chi connectivity index (χ1) is 9.58. The largest absolute Gasteiger partial charge is 0.356 e. The Morgan fingerprint density at radius 3 is 2.55 bits per heavy atom. The molecule has 1 heterocycles. The Balaban J connectivity index is 1.70. The highest BCUT2D eigenvalue weighted by Gasteiger charge is 2.17. The van der Waals surface area contributed by atoms with E-state index < -0.39 is 10.0 Å². The van der Waals surface area contributed by atoms with Crippen LogP contribution in [0.25, 0.3) is 0 Å². The summed E-state index contributed by atoms with van der Waals surface area (Å²) in [5.41, 5.74) is 0. The van der Waals surface area contributed by atoms with Gasteiger partial charge in [0.15, 0.2) is 0 Å². The summed E-state index contributed by atoms with van der Waals surface area (Å²) in [6.45, 7) is 2.62. The van der Waals surface area contributed by atoms with E-state index in [2.05, 4.69) is 15.4 Å². The van der Waals surface area contributed by atoms with Crippen molar-refractivity contribution in [3.8, 4) is 0 Å². The predicted molar refractivity (Wildman–Crippen MR) is 75.6 cm³/mol. The highest BCUT2D eigenvalue weighted by molar-refractivity contribution is 7.89. The molecule has 110 valence electrons. The van der Waals surface area contributed by atoms with E-state index in [-0.39, 0.29) is 23.8 Å². The van der Waals surface area contributed by atoms with Gasteiger partial charge in [-0.25, -0.2) is 13.1 Å². The van der Waals surface area contributed by atoms with E-state index in [4.69, 9.17) is 0 Å². The summed E-state index contributed by atoms with van der Waals surface area (Å²) in [4.78, 5) is 11.8. The average Bonchev–Trinajstić information content (AvgIpc) is 2.38. The van der Waals surface area contributed by atoms with Crippen LogP contribution >= 0.6 is 0 Å². The van der Waals surface area contributed by atoms with Crippen LogP contribution in [0.1, 0.15) is 6.42 Å². The quantitative estimate of drug-likeness (QED) is 0.644. The van der Waals surface area contributed by atoms with Gasteiger partial charge in [-0.15, -0.1) is 0 Å². The minimum Gasteiger partial charge on any atom is -0.356 e. The van der Waals surface area contributed by atoms with E-state index in [0.717, 1.165) is 13.1 Å². The summed E-state index contributed by atoms with van der Waals surface area (Å²) in [6, 6.07) is 8.11. The van der Waals surface area contributed by atoms with Gasteiger partial charge in [-0.05, 0) is 12.1 Å². The molecule has 6 nitrogen and oxygen atoms in total.